The summed E-state index contributed by atoms with van der Waals surface area (Å²) in [5.41, 5.74) is 0. The van der Waals surface area contributed by atoms with Crippen molar-refractivity contribution >= 4 is 17.5 Å². The predicted octanol–water partition coefficient (Wildman–Crippen LogP) is 1.51. The fourth-order valence-corrected chi connectivity index (χ4v) is 1.77. The molecule has 1 aromatic heterocycles. The van der Waals surface area contributed by atoms with Gasteiger partial charge in [0.25, 0.3) is 0 Å². The summed E-state index contributed by atoms with van der Waals surface area (Å²) in [5, 5.41) is 3.35. The van der Waals surface area contributed by atoms with Gasteiger partial charge in [0.1, 0.15) is 0 Å². The van der Waals surface area contributed by atoms with E-state index in [9.17, 15) is 0 Å². The van der Waals surface area contributed by atoms with Crippen molar-refractivity contribution < 1.29 is 9.47 Å². The smallest absolute Gasteiger partial charge is 0.322 e. The zero-order valence-corrected chi connectivity index (χ0v) is 10.4. The molecule has 0 amide bonds. The predicted molar refractivity (Wildman–Crippen MR) is 63.5 cm³/mol. The van der Waals surface area contributed by atoms with Crippen molar-refractivity contribution in [1.82, 2.24) is 15.0 Å². The Morgan fingerprint density at radius 1 is 1.35 bits per heavy atom. The summed E-state index contributed by atoms with van der Waals surface area (Å²) in [7, 11) is 0. The second kappa shape index (κ2) is 5.97. The standard InChI is InChI=1S/C10H15ClN4O2/c1-2-17-10-14-8(11)13-9(15-10)12-7-3-5-16-6-4-7/h7H,2-6H2,1H3,(H,12,13,14,15). The maximum Gasteiger partial charge on any atom is 0.322 e. The van der Waals surface area contributed by atoms with Gasteiger partial charge in [0, 0.05) is 19.3 Å². The van der Waals surface area contributed by atoms with Crippen LogP contribution in [0.4, 0.5) is 5.95 Å². The van der Waals surface area contributed by atoms with E-state index in [1.807, 2.05) is 6.92 Å². The molecular weight excluding hydrogens is 244 g/mol. The van der Waals surface area contributed by atoms with Gasteiger partial charge < -0.3 is 14.8 Å². The summed E-state index contributed by atoms with van der Waals surface area (Å²) in [5.74, 6) is 0.459. The van der Waals surface area contributed by atoms with Crippen LogP contribution in [0.15, 0.2) is 0 Å². The zero-order valence-electron chi connectivity index (χ0n) is 9.65. The van der Waals surface area contributed by atoms with Crippen LogP contribution in [0.3, 0.4) is 0 Å². The van der Waals surface area contributed by atoms with Crippen LogP contribution in [-0.2, 0) is 4.74 Å². The van der Waals surface area contributed by atoms with Crippen LogP contribution in [0, 0.1) is 0 Å². The van der Waals surface area contributed by atoms with Crippen molar-refractivity contribution in [2.45, 2.75) is 25.8 Å². The number of aromatic nitrogens is 3. The maximum absolute atomic E-state index is 5.80. The second-order valence-corrected chi connectivity index (χ2v) is 4.01. The summed E-state index contributed by atoms with van der Waals surface area (Å²) in [4.78, 5) is 12.0. The lowest BCUT2D eigenvalue weighted by Crippen LogP contribution is -2.28. The molecule has 0 spiro atoms. The molecule has 1 saturated heterocycles. The van der Waals surface area contributed by atoms with Crippen molar-refractivity contribution in [3.8, 4) is 6.01 Å². The van der Waals surface area contributed by atoms with E-state index in [0.717, 1.165) is 26.1 Å². The first-order valence-electron chi connectivity index (χ1n) is 5.66. The first kappa shape index (κ1) is 12.3. The summed E-state index contributed by atoms with van der Waals surface area (Å²) < 4.78 is 10.5. The first-order valence-corrected chi connectivity index (χ1v) is 6.04. The number of ether oxygens (including phenoxy) is 2. The molecule has 1 N–H and O–H groups in total. The van der Waals surface area contributed by atoms with Crippen molar-refractivity contribution in [1.29, 1.82) is 0 Å². The van der Waals surface area contributed by atoms with Crippen LogP contribution in [0.1, 0.15) is 19.8 Å². The Labute approximate surface area is 105 Å². The molecule has 0 unspecified atom stereocenters. The summed E-state index contributed by atoms with van der Waals surface area (Å²) >= 11 is 5.80. The van der Waals surface area contributed by atoms with Crippen LogP contribution in [0.25, 0.3) is 0 Å². The molecule has 0 aliphatic carbocycles. The van der Waals surface area contributed by atoms with Gasteiger partial charge in [0.05, 0.1) is 6.61 Å². The lowest BCUT2D eigenvalue weighted by Gasteiger charge is -2.22. The molecule has 1 aliphatic heterocycles. The zero-order chi connectivity index (χ0) is 12.1. The molecule has 0 saturated carbocycles. The number of anilines is 1. The van der Waals surface area contributed by atoms with E-state index >= 15 is 0 Å². The largest absolute Gasteiger partial charge is 0.464 e. The van der Waals surface area contributed by atoms with Crippen molar-refractivity contribution in [3.63, 3.8) is 0 Å². The minimum absolute atomic E-state index is 0.137. The van der Waals surface area contributed by atoms with Crippen LogP contribution in [-0.4, -0.2) is 40.8 Å². The average molecular weight is 259 g/mol. The van der Waals surface area contributed by atoms with Crippen LogP contribution < -0.4 is 10.1 Å². The van der Waals surface area contributed by atoms with E-state index in [1.54, 1.807) is 0 Å². The Kier molecular flexibility index (Phi) is 4.33. The van der Waals surface area contributed by atoms with Crippen molar-refractivity contribution in [2.24, 2.45) is 0 Å². The molecule has 1 fully saturated rings. The molecule has 6 nitrogen and oxygen atoms in total. The van der Waals surface area contributed by atoms with Gasteiger partial charge in [0.15, 0.2) is 0 Å². The minimum atomic E-state index is 0.137. The highest BCUT2D eigenvalue weighted by molar-refractivity contribution is 6.28. The molecule has 7 heteroatoms. The Balaban J connectivity index is 2.03. The third-order valence-corrected chi connectivity index (χ3v) is 2.58. The monoisotopic (exact) mass is 258 g/mol. The SMILES string of the molecule is CCOc1nc(Cl)nc(NC2CCOCC2)n1. The molecule has 2 rings (SSSR count). The number of rotatable bonds is 4. The van der Waals surface area contributed by atoms with E-state index in [-0.39, 0.29) is 11.3 Å². The molecular formula is C10H15ClN4O2. The van der Waals surface area contributed by atoms with Crippen LogP contribution in [0.2, 0.25) is 5.28 Å². The molecule has 17 heavy (non-hydrogen) atoms. The van der Waals surface area contributed by atoms with Gasteiger partial charge in [-0.25, -0.2) is 0 Å². The molecule has 1 aromatic rings. The summed E-state index contributed by atoms with van der Waals surface area (Å²) in [6.07, 6.45) is 1.88. The molecule has 0 atom stereocenters. The molecule has 0 aromatic carbocycles. The fourth-order valence-electron chi connectivity index (χ4n) is 1.61. The third kappa shape index (κ3) is 3.67. The highest BCUT2D eigenvalue weighted by Gasteiger charge is 2.15. The maximum atomic E-state index is 5.80. The van der Waals surface area contributed by atoms with Crippen molar-refractivity contribution in [2.75, 3.05) is 25.1 Å². The highest BCUT2D eigenvalue weighted by atomic mass is 35.5. The topological polar surface area (TPSA) is 69.2 Å². The Bertz CT molecular complexity index is 371. The Hall–Kier alpha value is -1.14. The lowest BCUT2D eigenvalue weighted by atomic mass is 10.1. The van der Waals surface area contributed by atoms with Gasteiger partial charge in [0.2, 0.25) is 11.2 Å². The van der Waals surface area contributed by atoms with Gasteiger partial charge >= 0.3 is 6.01 Å². The minimum Gasteiger partial charge on any atom is -0.464 e. The molecule has 2 heterocycles. The molecule has 1 aliphatic rings. The molecule has 94 valence electrons. The van der Waals surface area contributed by atoms with Crippen LogP contribution in [0.5, 0.6) is 6.01 Å². The number of nitrogens with one attached hydrogen (secondary N) is 1. The number of hydrogen-bond acceptors (Lipinski definition) is 6. The van der Waals surface area contributed by atoms with E-state index in [4.69, 9.17) is 21.1 Å². The van der Waals surface area contributed by atoms with E-state index in [2.05, 4.69) is 20.3 Å². The van der Waals surface area contributed by atoms with Crippen LogP contribution >= 0.6 is 11.6 Å². The quantitative estimate of drug-likeness (QED) is 0.883. The number of nitrogens with zero attached hydrogens (tertiary/aromatic N) is 3. The van der Waals surface area contributed by atoms with Gasteiger partial charge in [-0.3, -0.25) is 0 Å². The summed E-state index contributed by atoms with van der Waals surface area (Å²) in [6.45, 7) is 3.88. The van der Waals surface area contributed by atoms with E-state index in [0.29, 0.717) is 18.6 Å². The van der Waals surface area contributed by atoms with Gasteiger partial charge in [-0.15, -0.1) is 0 Å². The third-order valence-electron chi connectivity index (χ3n) is 2.42. The number of hydrogen-bond donors (Lipinski definition) is 1. The Morgan fingerprint density at radius 3 is 2.82 bits per heavy atom. The van der Waals surface area contributed by atoms with E-state index in [1.165, 1.54) is 0 Å². The normalized spacial score (nSPS) is 16.8. The lowest BCUT2D eigenvalue weighted by molar-refractivity contribution is 0.0903. The van der Waals surface area contributed by atoms with Gasteiger partial charge in [-0.2, -0.15) is 15.0 Å². The van der Waals surface area contributed by atoms with Gasteiger partial charge in [-0.1, -0.05) is 0 Å². The average Bonchev–Trinajstić information content (AvgIpc) is 2.30. The first-order chi connectivity index (χ1) is 8.28. The number of halogens is 1. The highest BCUT2D eigenvalue weighted by Crippen LogP contribution is 2.15. The van der Waals surface area contributed by atoms with E-state index < -0.39 is 0 Å². The van der Waals surface area contributed by atoms with Crippen molar-refractivity contribution in [3.05, 3.63) is 5.28 Å². The molecule has 0 bridgehead atoms. The molecule has 0 radical (unpaired) electrons. The fraction of sp³-hybridized carbons (Fsp3) is 0.700. The summed E-state index contributed by atoms with van der Waals surface area (Å²) in [6, 6.07) is 0.568. The van der Waals surface area contributed by atoms with Gasteiger partial charge in [-0.05, 0) is 31.4 Å². The Morgan fingerprint density at radius 2 is 2.12 bits per heavy atom. The second-order valence-electron chi connectivity index (χ2n) is 3.67.